The third kappa shape index (κ3) is 4.28. The van der Waals surface area contributed by atoms with E-state index >= 15 is 0 Å². The Morgan fingerprint density at radius 2 is 2.00 bits per heavy atom. The average molecular weight is 268 g/mol. The largest absolute Gasteiger partial charge is 0.330 e. The molecule has 0 fully saturated rings. The summed E-state index contributed by atoms with van der Waals surface area (Å²) < 4.78 is 0. The minimum atomic E-state index is -0.0780. The minimum absolute atomic E-state index is 0.0677. The molecule has 0 aliphatic carbocycles. The summed E-state index contributed by atoms with van der Waals surface area (Å²) in [6.07, 6.45) is 1.68. The predicted octanol–water partition coefficient (Wildman–Crippen LogP) is 1.15. The van der Waals surface area contributed by atoms with Crippen LogP contribution in [0.4, 0.5) is 0 Å². The molecule has 1 amide bonds. The molecule has 1 aliphatic heterocycles. The van der Waals surface area contributed by atoms with Crippen molar-refractivity contribution in [3.63, 3.8) is 0 Å². The fraction of sp³-hybridized carbons (Fsp3) is 0.857. The molecule has 0 aromatic carbocycles. The van der Waals surface area contributed by atoms with Crippen LogP contribution < -0.4 is 5.73 Å². The zero-order valence-corrected chi connectivity index (χ0v) is 12.9. The van der Waals surface area contributed by atoms with Crippen molar-refractivity contribution in [3.8, 4) is 0 Å². The number of carbonyl (C=O) groups is 1. The normalized spacial score (nSPS) is 20.4. The predicted molar refractivity (Wildman–Crippen MR) is 78.9 cm³/mol. The summed E-state index contributed by atoms with van der Waals surface area (Å²) in [6.45, 7) is 8.46. The van der Waals surface area contributed by atoms with Crippen LogP contribution in [0.5, 0.6) is 0 Å². The number of hydrogen-bond donors (Lipinski definition) is 1. The Bertz CT molecular complexity index is 344. The lowest BCUT2D eigenvalue weighted by Gasteiger charge is -2.22. The van der Waals surface area contributed by atoms with Gasteiger partial charge in [0.2, 0.25) is 0 Å². The molecule has 0 saturated heterocycles. The summed E-state index contributed by atoms with van der Waals surface area (Å²) in [5, 5.41) is 6.22. The maximum atomic E-state index is 12.4. The Kier molecular flexibility index (Phi) is 5.50. The van der Waals surface area contributed by atoms with Crippen LogP contribution >= 0.6 is 0 Å². The van der Waals surface area contributed by atoms with Gasteiger partial charge in [0.05, 0.1) is 18.2 Å². The van der Waals surface area contributed by atoms with E-state index in [0.717, 1.165) is 25.1 Å². The van der Waals surface area contributed by atoms with Gasteiger partial charge in [0.15, 0.2) is 0 Å². The van der Waals surface area contributed by atoms with Crippen molar-refractivity contribution in [2.75, 3.05) is 33.7 Å². The summed E-state index contributed by atoms with van der Waals surface area (Å²) in [5.74, 6) is 0.0611. The lowest BCUT2D eigenvalue weighted by molar-refractivity contribution is -0.132. The van der Waals surface area contributed by atoms with Gasteiger partial charge in [-0.05, 0) is 33.5 Å². The van der Waals surface area contributed by atoms with E-state index in [1.807, 2.05) is 14.1 Å². The Morgan fingerprint density at radius 1 is 1.37 bits per heavy atom. The van der Waals surface area contributed by atoms with Crippen molar-refractivity contribution in [1.29, 1.82) is 0 Å². The van der Waals surface area contributed by atoms with Gasteiger partial charge in [0.1, 0.15) is 0 Å². The molecule has 0 radical (unpaired) electrons. The van der Waals surface area contributed by atoms with E-state index in [2.05, 4.69) is 30.8 Å². The third-order valence-corrected chi connectivity index (χ3v) is 3.34. The molecule has 1 rings (SSSR count). The van der Waals surface area contributed by atoms with Crippen molar-refractivity contribution in [1.82, 2.24) is 9.91 Å². The zero-order valence-electron chi connectivity index (χ0n) is 12.9. The minimum Gasteiger partial charge on any atom is -0.330 e. The summed E-state index contributed by atoms with van der Waals surface area (Å²) >= 11 is 0. The fourth-order valence-electron chi connectivity index (χ4n) is 2.26. The van der Waals surface area contributed by atoms with Crippen LogP contribution in [-0.2, 0) is 4.79 Å². The quantitative estimate of drug-likeness (QED) is 0.786. The zero-order chi connectivity index (χ0) is 14.6. The second kappa shape index (κ2) is 6.48. The topological polar surface area (TPSA) is 61.9 Å². The molecular weight excluding hydrogens is 240 g/mol. The molecule has 0 spiro atoms. The Balaban J connectivity index is 2.81. The first-order chi connectivity index (χ1) is 8.77. The van der Waals surface area contributed by atoms with Crippen molar-refractivity contribution in [3.05, 3.63) is 0 Å². The molecular formula is C14H28N4O. The van der Waals surface area contributed by atoms with Crippen LogP contribution in [0.2, 0.25) is 0 Å². The van der Waals surface area contributed by atoms with E-state index in [9.17, 15) is 4.79 Å². The molecule has 1 atom stereocenters. The van der Waals surface area contributed by atoms with Crippen LogP contribution in [0.1, 0.15) is 33.6 Å². The van der Waals surface area contributed by atoms with E-state index in [1.165, 1.54) is 0 Å². The van der Waals surface area contributed by atoms with Gasteiger partial charge in [-0.25, -0.2) is 5.01 Å². The van der Waals surface area contributed by atoms with Gasteiger partial charge < -0.3 is 10.6 Å². The fourth-order valence-corrected chi connectivity index (χ4v) is 2.26. The molecule has 0 aromatic heterocycles. The molecule has 19 heavy (non-hydrogen) atoms. The van der Waals surface area contributed by atoms with Gasteiger partial charge in [-0.2, -0.15) is 5.10 Å². The van der Waals surface area contributed by atoms with Gasteiger partial charge in [0.25, 0.3) is 5.91 Å². The standard InChI is InChI=1S/C14H28N4O/c1-14(2,3)12-11(7-6-8-15)13(19)18(16-12)10-9-17(4)5/h11H,6-10,15H2,1-5H3. The highest BCUT2D eigenvalue weighted by Gasteiger charge is 2.40. The van der Waals surface area contributed by atoms with Gasteiger partial charge in [-0.1, -0.05) is 20.8 Å². The number of hydrazone groups is 1. The molecule has 0 aromatic rings. The Morgan fingerprint density at radius 3 is 2.47 bits per heavy atom. The SMILES string of the molecule is CN(C)CCN1N=C(C(C)(C)C)C(CCCN)C1=O. The van der Waals surface area contributed by atoms with E-state index < -0.39 is 0 Å². The highest BCUT2D eigenvalue weighted by Crippen LogP contribution is 2.31. The molecule has 110 valence electrons. The van der Waals surface area contributed by atoms with Gasteiger partial charge in [0, 0.05) is 12.0 Å². The number of nitrogens with zero attached hydrogens (tertiary/aromatic N) is 3. The number of amides is 1. The highest BCUT2D eigenvalue weighted by molar-refractivity contribution is 6.10. The molecule has 2 N–H and O–H groups in total. The summed E-state index contributed by atoms with van der Waals surface area (Å²) in [4.78, 5) is 14.5. The molecule has 5 heteroatoms. The molecule has 1 heterocycles. The van der Waals surface area contributed by atoms with Crippen molar-refractivity contribution in [2.45, 2.75) is 33.6 Å². The van der Waals surface area contributed by atoms with Crippen molar-refractivity contribution >= 4 is 11.6 Å². The first-order valence-corrected chi connectivity index (χ1v) is 7.02. The molecule has 1 aliphatic rings. The number of rotatable bonds is 6. The highest BCUT2D eigenvalue weighted by atomic mass is 16.2. The van der Waals surface area contributed by atoms with Crippen LogP contribution in [0.3, 0.4) is 0 Å². The molecule has 0 saturated carbocycles. The Hall–Kier alpha value is -0.940. The first-order valence-electron chi connectivity index (χ1n) is 7.02. The van der Waals surface area contributed by atoms with E-state index in [1.54, 1.807) is 5.01 Å². The number of likely N-dealkylation sites (N-methyl/N-ethyl adjacent to an activating group) is 1. The number of nitrogens with two attached hydrogens (primary N) is 1. The first kappa shape index (κ1) is 16.1. The van der Waals surface area contributed by atoms with Crippen molar-refractivity contribution in [2.24, 2.45) is 22.2 Å². The maximum absolute atomic E-state index is 12.4. The summed E-state index contributed by atoms with van der Waals surface area (Å²) in [6, 6.07) is 0. The summed E-state index contributed by atoms with van der Waals surface area (Å²) in [7, 11) is 4.00. The maximum Gasteiger partial charge on any atom is 0.251 e. The van der Waals surface area contributed by atoms with Gasteiger partial charge in [-0.3, -0.25) is 4.79 Å². The van der Waals surface area contributed by atoms with Crippen molar-refractivity contribution < 1.29 is 4.79 Å². The Labute approximate surface area is 116 Å². The molecule has 1 unspecified atom stereocenters. The van der Waals surface area contributed by atoms with Crippen LogP contribution in [0.15, 0.2) is 5.10 Å². The lowest BCUT2D eigenvalue weighted by atomic mass is 9.80. The van der Waals surface area contributed by atoms with Crippen LogP contribution in [0.25, 0.3) is 0 Å². The molecule has 0 bridgehead atoms. The lowest BCUT2D eigenvalue weighted by Crippen LogP contribution is -2.34. The second-order valence-electron chi connectivity index (χ2n) is 6.48. The van der Waals surface area contributed by atoms with E-state index in [0.29, 0.717) is 13.1 Å². The van der Waals surface area contributed by atoms with Crippen LogP contribution in [-0.4, -0.2) is 55.3 Å². The number of hydrogen-bond acceptors (Lipinski definition) is 4. The van der Waals surface area contributed by atoms with Crippen LogP contribution in [0, 0.1) is 11.3 Å². The number of carbonyl (C=O) groups excluding carboxylic acids is 1. The second-order valence-corrected chi connectivity index (χ2v) is 6.48. The molecule has 5 nitrogen and oxygen atoms in total. The van der Waals surface area contributed by atoms with Gasteiger partial charge >= 0.3 is 0 Å². The smallest absolute Gasteiger partial charge is 0.251 e. The monoisotopic (exact) mass is 268 g/mol. The van der Waals surface area contributed by atoms with Gasteiger partial charge in [-0.15, -0.1) is 0 Å². The summed E-state index contributed by atoms with van der Waals surface area (Å²) in [5.41, 5.74) is 6.50. The third-order valence-electron chi connectivity index (χ3n) is 3.34. The van der Waals surface area contributed by atoms with E-state index in [-0.39, 0.29) is 17.2 Å². The average Bonchev–Trinajstić information content (AvgIpc) is 2.60. The van der Waals surface area contributed by atoms with E-state index in [4.69, 9.17) is 5.73 Å².